The average molecular weight is 466 g/mol. The highest BCUT2D eigenvalue weighted by molar-refractivity contribution is 9.10. The van der Waals surface area contributed by atoms with E-state index >= 15 is 0 Å². The molecule has 0 N–H and O–H groups in total. The van der Waals surface area contributed by atoms with Crippen LogP contribution in [0.25, 0.3) is 44.2 Å². The number of nitrogens with zero attached hydrogens (tertiary/aromatic N) is 1. The topological polar surface area (TPSA) is 12.9 Å². The predicted octanol–water partition coefficient (Wildman–Crippen LogP) is 8.46. The van der Waals surface area contributed by atoms with Gasteiger partial charge >= 0.3 is 0 Å². The van der Waals surface area contributed by atoms with Gasteiger partial charge in [0.1, 0.15) is 0 Å². The van der Waals surface area contributed by atoms with Crippen LogP contribution in [0.2, 0.25) is 0 Å². The van der Waals surface area contributed by atoms with E-state index in [1.165, 1.54) is 53.9 Å². The van der Waals surface area contributed by atoms with Crippen molar-refractivity contribution in [1.82, 2.24) is 4.98 Å². The maximum Gasteiger partial charge on any atom is 0.0353 e. The summed E-state index contributed by atoms with van der Waals surface area (Å²) in [5.74, 6) is 0. The molecule has 3 heteroatoms. The number of aromatic nitrogens is 1. The van der Waals surface area contributed by atoms with Gasteiger partial charge < -0.3 is 0 Å². The molecule has 0 saturated carbocycles. The highest BCUT2D eigenvalue weighted by Crippen LogP contribution is 2.49. The van der Waals surface area contributed by atoms with Gasteiger partial charge in [-0.1, -0.05) is 88.4 Å². The summed E-state index contributed by atoms with van der Waals surface area (Å²) >= 11 is 5.36. The van der Waals surface area contributed by atoms with Gasteiger partial charge in [-0.15, -0.1) is 0 Å². The summed E-state index contributed by atoms with van der Waals surface area (Å²) in [5, 5.41) is 2.52. The predicted molar refractivity (Wildman–Crippen MR) is 130 cm³/mol. The molecule has 6 rings (SSSR count). The molecule has 0 fully saturated rings. The van der Waals surface area contributed by atoms with Crippen LogP contribution in [-0.4, -0.2) is 4.98 Å². The maximum absolute atomic E-state index is 4.60. The lowest BCUT2D eigenvalue weighted by molar-refractivity contribution is 1.31. The van der Waals surface area contributed by atoms with Crippen molar-refractivity contribution in [2.24, 2.45) is 0 Å². The van der Waals surface area contributed by atoms with Crippen molar-refractivity contribution in [2.45, 2.75) is 9.79 Å². The first kappa shape index (κ1) is 17.9. The van der Waals surface area contributed by atoms with E-state index in [0.717, 1.165) is 4.47 Å². The van der Waals surface area contributed by atoms with Gasteiger partial charge in [0.25, 0.3) is 0 Å². The molecule has 1 nitrogen and oxygen atoms in total. The molecule has 5 aromatic rings. The number of rotatable bonds is 2. The number of benzene rings is 4. The van der Waals surface area contributed by atoms with Gasteiger partial charge in [-0.2, -0.15) is 0 Å². The molecule has 2 heterocycles. The number of pyridine rings is 1. The smallest absolute Gasteiger partial charge is 0.0353 e. The lowest BCUT2D eigenvalue weighted by Crippen LogP contribution is -1.95. The van der Waals surface area contributed by atoms with E-state index < -0.39 is 0 Å². The van der Waals surface area contributed by atoms with Crippen molar-refractivity contribution in [1.29, 1.82) is 0 Å². The summed E-state index contributed by atoms with van der Waals surface area (Å²) in [7, 11) is 0. The Morgan fingerprint density at radius 1 is 0.567 bits per heavy atom. The molecular formula is C27H16BrNS. The van der Waals surface area contributed by atoms with Crippen LogP contribution in [0.1, 0.15) is 0 Å². The lowest BCUT2D eigenvalue weighted by Gasteiger charge is -2.21. The minimum atomic E-state index is 1.10. The Morgan fingerprint density at radius 3 is 2.07 bits per heavy atom. The molecular weight excluding hydrogens is 450 g/mol. The van der Waals surface area contributed by atoms with Crippen molar-refractivity contribution in [2.75, 3.05) is 0 Å². The van der Waals surface area contributed by atoms with Crippen molar-refractivity contribution in [3.63, 3.8) is 0 Å². The second-order valence-electron chi connectivity index (χ2n) is 7.40. The van der Waals surface area contributed by atoms with E-state index in [1.807, 2.05) is 24.2 Å². The number of hydrogen-bond acceptors (Lipinski definition) is 2. The van der Waals surface area contributed by atoms with Crippen LogP contribution in [0.4, 0.5) is 0 Å². The SMILES string of the molecule is Brc1ccc(-c2ccc(-c3ccc4c5c(cncc35)-c3ccccc3S4)cc2)cc1. The van der Waals surface area contributed by atoms with Crippen LogP contribution in [-0.2, 0) is 0 Å². The van der Waals surface area contributed by atoms with E-state index in [0.29, 0.717) is 0 Å². The quantitative estimate of drug-likeness (QED) is 0.254. The standard InChI is InChI=1S/C27H16BrNS/c28-20-11-9-18(10-12-20)17-5-7-19(8-6-17)21-13-14-26-27-23(21)15-29-16-24(27)22-3-1-2-4-25(22)30-26/h1-16H. The summed E-state index contributed by atoms with van der Waals surface area (Å²) in [6.07, 6.45) is 4.01. The van der Waals surface area contributed by atoms with Crippen LogP contribution >= 0.6 is 27.7 Å². The third-order valence-corrected chi connectivity index (χ3v) is 7.32. The second kappa shape index (κ2) is 7.12. The first-order valence-electron chi connectivity index (χ1n) is 9.82. The molecule has 0 unspecified atom stereocenters. The molecule has 0 aliphatic carbocycles. The fraction of sp³-hybridized carbons (Fsp3) is 0. The molecule has 30 heavy (non-hydrogen) atoms. The molecule has 0 amide bonds. The zero-order chi connectivity index (χ0) is 20.1. The van der Waals surface area contributed by atoms with Gasteiger partial charge in [0.05, 0.1) is 0 Å². The third-order valence-electron chi connectivity index (χ3n) is 5.65. The molecule has 1 aromatic heterocycles. The number of fused-ring (bicyclic) bond motifs is 2. The summed E-state index contributed by atoms with van der Waals surface area (Å²) < 4.78 is 1.10. The minimum Gasteiger partial charge on any atom is -0.263 e. The van der Waals surface area contributed by atoms with Crippen molar-refractivity contribution >= 4 is 38.5 Å². The zero-order valence-corrected chi connectivity index (χ0v) is 18.4. The molecule has 0 saturated heterocycles. The van der Waals surface area contributed by atoms with E-state index in [4.69, 9.17) is 0 Å². The Balaban J connectivity index is 1.49. The third kappa shape index (κ3) is 2.89. The molecule has 1 aliphatic rings. The molecule has 1 aliphatic heterocycles. The number of hydrogen-bond donors (Lipinski definition) is 0. The second-order valence-corrected chi connectivity index (χ2v) is 9.40. The molecule has 0 radical (unpaired) electrons. The largest absolute Gasteiger partial charge is 0.263 e. The fourth-order valence-corrected chi connectivity index (χ4v) is 5.58. The van der Waals surface area contributed by atoms with E-state index in [-0.39, 0.29) is 0 Å². The summed E-state index contributed by atoms with van der Waals surface area (Å²) in [4.78, 5) is 7.20. The van der Waals surface area contributed by atoms with E-state index in [1.54, 1.807) is 0 Å². The lowest BCUT2D eigenvalue weighted by atomic mass is 9.93. The van der Waals surface area contributed by atoms with E-state index in [2.05, 4.69) is 106 Å². The van der Waals surface area contributed by atoms with Crippen LogP contribution in [0.15, 0.2) is 112 Å². The van der Waals surface area contributed by atoms with Crippen molar-refractivity contribution in [3.8, 4) is 33.4 Å². The zero-order valence-electron chi connectivity index (χ0n) is 16.0. The first-order valence-corrected chi connectivity index (χ1v) is 11.4. The van der Waals surface area contributed by atoms with Crippen molar-refractivity contribution < 1.29 is 0 Å². The monoisotopic (exact) mass is 465 g/mol. The summed E-state index contributed by atoms with van der Waals surface area (Å²) in [6.45, 7) is 0. The summed E-state index contributed by atoms with van der Waals surface area (Å²) in [6, 6.07) is 30.3. The van der Waals surface area contributed by atoms with E-state index in [9.17, 15) is 0 Å². The Morgan fingerprint density at radius 2 is 1.27 bits per heavy atom. The highest BCUT2D eigenvalue weighted by atomic mass is 79.9. The normalized spacial score (nSPS) is 12.0. The van der Waals surface area contributed by atoms with Gasteiger partial charge in [-0.3, -0.25) is 4.98 Å². The fourth-order valence-electron chi connectivity index (χ4n) is 4.18. The maximum atomic E-state index is 4.60. The van der Waals surface area contributed by atoms with Gasteiger partial charge in [-0.25, -0.2) is 0 Å². The Hall–Kier alpha value is -2.88. The highest BCUT2D eigenvalue weighted by Gasteiger charge is 2.20. The number of halogens is 1. The Labute approximate surface area is 187 Å². The average Bonchev–Trinajstić information content (AvgIpc) is 2.80. The van der Waals surface area contributed by atoms with Crippen LogP contribution < -0.4 is 0 Å². The Kier molecular flexibility index (Phi) is 4.26. The van der Waals surface area contributed by atoms with Gasteiger partial charge in [0.15, 0.2) is 0 Å². The van der Waals surface area contributed by atoms with Gasteiger partial charge in [0, 0.05) is 43.0 Å². The molecule has 0 atom stereocenters. The Bertz CT molecular complexity index is 1410. The molecule has 0 spiro atoms. The van der Waals surface area contributed by atoms with Crippen LogP contribution in [0.3, 0.4) is 0 Å². The molecule has 4 aromatic carbocycles. The van der Waals surface area contributed by atoms with Gasteiger partial charge in [0.2, 0.25) is 0 Å². The summed E-state index contributed by atoms with van der Waals surface area (Å²) in [5.41, 5.74) is 7.38. The first-order chi connectivity index (χ1) is 14.8. The van der Waals surface area contributed by atoms with Crippen molar-refractivity contribution in [3.05, 3.63) is 102 Å². The molecule has 0 bridgehead atoms. The van der Waals surface area contributed by atoms with Crippen LogP contribution in [0.5, 0.6) is 0 Å². The van der Waals surface area contributed by atoms with Crippen LogP contribution in [0, 0.1) is 0 Å². The van der Waals surface area contributed by atoms with Gasteiger partial charge in [-0.05, 0) is 52.1 Å². The molecule has 142 valence electrons. The minimum absolute atomic E-state index is 1.10.